The molecule has 0 unspecified atom stereocenters. The Hall–Kier alpha value is -0.770. The van der Waals surface area contributed by atoms with Crippen LogP contribution in [0.15, 0.2) is 18.2 Å². The molecule has 0 radical (unpaired) electrons. The number of carbonyl (C=O) groups excluding carboxylic acids is 1. The molecule has 0 aliphatic carbocycles. The second-order valence-electron chi connectivity index (χ2n) is 4.71. The molecular weight excluding hydrogens is 297 g/mol. The summed E-state index contributed by atoms with van der Waals surface area (Å²) in [6.45, 7) is 4.44. The Labute approximate surface area is 130 Å². The predicted octanol–water partition coefficient (Wildman–Crippen LogP) is 3.55. The third-order valence-corrected chi connectivity index (χ3v) is 4.12. The van der Waals surface area contributed by atoms with Crippen molar-refractivity contribution in [2.24, 2.45) is 0 Å². The first-order valence-corrected chi connectivity index (χ1v) is 7.63. The van der Waals surface area contributed by atoms with Crippen LogP contribution in [0, 0.1) is 0 Å². The average molecular weight is 318 g/mol. The third-order valence-electron chi connectivity index (χ3n) is 3.38. The maximum Gasteiger partial charge on any atom is 0.227 e. The minimum absolute atomic E-state index is 0.00568. The smallest absolute Gasteiger partial charge is 0.227 e. The molecule has 1 N–H and O–H groups in total. The van der Waals surface area contributed by atoms with Crippen LogP contribution in [-0.2, 0) is 11.2 Å². The quantitative estimate of drug-likeness (QED) is 0.835. The highest BCUT2D eigenvalue weighted by Crippen LogP contribution is 2.23. The van der Waals surface area contributed by atoms with Gasteiger partial charge in [0.15, 0.2) is 0 Å². The van der Waals surface area contributed by atoms with Crippen LogP contribution in [0.1, 0.15) is 32.3 Å². The van der Waals surface area contributed by atoms with E-state index in [0.29, 0.717) is 16.6 Å². The van der Waals surface area contributed by atoms with Gasteiger partial charge in [-0.15, -0.1) is 0 Å². The molecule has 0 atom stereocenters. The van der Waals surface area contributed by atoms with Gasteiger partial charge in [-0.25, -0.2) is 0 Å². The number of carbonyl (C=O) groups is 1. The molecule has 0 spiro atoms. The molecule has 0 aliphatic rings. The van der Waals surface area contributed by atoms with Gasteiger partial charge in [-0.2, -0.15) is 0 Å². The summed E-state index contributed by atoms with van der Waals surface area (Å²) in [6, 6.07) is 5.37. The van der Waals surface area contributed by atoms with Crippen LogP contribution in [0.4, 0.5) is 0 Å². The van der Waals surface area contributed by atoms with Crippen molar-refractivity contribution in [1.29, 1.82) is 0 Å². The molecule has 0 saturated heterocycles. The molecule has 3 nitrogen and oxygen atoms in total. The van der Waals surface area contributed by atoms with E-state index in [1.807, 2.05) is 13.8 Å². The van der Waals surface area contributed by atoms with Crippen LogP contribution in [0.2, 0.25) is 10.0 Å². The van der Waals surface area contributed by atoms with Gasteiger partial charge >= 0.3 is 0 Å². The van der Waals surface area contributed by atoms with Gasteiger partial charge in [0, 0.05) is 12.6 Å². The van der Waals surface area contributed by atoms with Gasteiger partial charge in [-0.05, 0) is 30.5 Å². The number of hydrogen-bond acceptors (Lipinski definition) is 2. The number of aliphatic hydroxyl groups excluding tert-OH is 1. The van der Waals surface area contributed by atoms with Crippen molar-refractivity contribution in [1.82, 2.24) is 4.90 Å². The zero-order valence-electron chi connectivity index (χ0n) is 11.9. The predicted molar refractivity (Wildman–Crippen MR) is 83.3 cm³/mol. The average Bonchev–Trinajstić information content (AvgIpc) is 2.43. The zero-order chi connectivity index (χ0) is 15.1. The molecule has 0 heterocycles. The Morgan fingerprint density at radius 2 is 1.90 bits per heavy atom. The van der Waals surface area contributed by atoms with E-state index in [1.54, 1.807) is 23.1 Å². The van der Waals surface area contributed by atoms with Crippen LogP contribution >= 0.6 is 23.2 Å². The molecule has 1 aromatic carbocycles. The molecule has 1 amide bonds. The maximum absolute atomic E-state index is 12.4. The van der Waals surface area contributed by atoms with E-state index in [2.05, 4.69) is 0 Å². The number of amides is 1. The summed E-state index contributed by atoms with van der Waals surface area (Å²) in [5.74, 6) is 0.00568. The van der Waals surface area contributed by atoms with Crippen molar-refractivity contribution in [2.45, 2.75) is 39.2 Å². The summed E-state index contributed by atoms with van der Waals surface area (Å²) in [4.78, 5) is 14.1. The first-order valence-electron chi connectivity index (χ1n) is 6.87. The molecule has 5 heteroatoms. The summed E-state index contributed by atoms with van der Waals surface area (Å²) in [7, 11) is 0. The largest absolute Gasteiger partial charge is 0.395 e. The molecule has 0 aliphatic heterocycles. The van der Waals surface area contributed by atoms with Crippen molar-refractivity contribution in [3.63, 3.8) is 0 Å². The molecule has 0 fully saturated rings. The Bertz CT molecular complexity index is 447. The number of hydrogen-bond donors (Lipinski definition) is 1. The van der Waals surface area contributed by atoms with Crippen LogP contribution in [0.25, 0.3) is 0 Å². The molecule has 1 aromatic rings. The normalized spacial score (nSPS) is 10.9. The van der Waals surface area contributed by atoms with Crippen molar-refractivity contribution < 1.29 is 9.90 Å². The van der Waals surface area contributed by atoms with Crippen LogP contribution in [0.5, 0.6) is 0 Å². The standard InChI is InChI=1S/C15H21Cl2NO2/c1-3-12(4-2)18(7-8-19)15(20)10-11-5-6-13(16)14(17)9-11/h5-6,9,12,19H,3-4,7-8,10H2,1-2H3. The third kappa shape index (κ3) is 4.65. The maximum atomic E-state index is 12.4. The number of rotatable bonds is 7. The van der Waals surface area contributed by atoms with E-state index in [4.69, 9.17) is 28.3 Å². The van der Waals surface area contributed by atoms with Gasteiger partial charge in [-0.1, -0.05) is 43.1 Å². The highest BCUT2D eigenvalue weighted by Gasteiger charge is 2.20. The Morgan fingerprint density at radius 1 is 1.25 bits per heavy atom. The summed E-state index contributed by atoms with van der Waals surface area (Å²) < 4.78 is 0. The lowest BCUT2D eigenvalue weighted by Crippen LogP contribution is -2.42. The van der Waals surface area contributed by atoms with Crippen molar-refractivity contribution in [3.8, 4) is 0 Å². The SMILES string of the molecule is CCC(CC)N(CCO)C(=O)Cc1ccc(Cl)c(Cl)c1. The fourth-order valence-corrected chi connectivity index (χ4v) is 2.59. The summed E-state index contributed by atoms with van der Waals surface area (Å²) in [5, 5.41) is 10.1. The van der Waals surface area contributed by atoms with Crippen LogP contribution in [-0.4, -0.2) is 35.1 Å². The van der Waals surface area contributed by atoms with Gasteiger partial charge in [-0.3, -0.25) is 4.79 Å². The molecule has 112 valence electrons. The van der Waals surface area contributed by atoms with E-state index in [9.17, 15) is 4.79 Å². The Kier molecular flexibility index (Phi) is 7.35. The minimum atomic E-state index is -0.0242. The van der Waals surface area contributed by atoms with Crippen molar-refractivity contribution in [2.75, 3.05) is 13.2 Å². The van der Waals surface area contributed by atoms with Gasteiger partial charge in [0.2, 0.25) is 5.91 Å². The molecule has 20 heavy (non-hydrogen) atoms. The van der Waals surface area contributed by atoms with Gasteiger partial charge in [0.05, 0.1) is 23.1 Å². The number of aliphatic hydroxyl groups is 1. The van der Waals surface area contributed by atoms with Gasteiger partial charge in [0.25, 0.3) is 0 Å². The monoisotopic (exact) mass is 317 g/mol. The van der Waals surface area contributed by atoms with Gasteiger partial charge in [0.1, 0.15) is 0 Å². The molecular formula is C15H21Cl2NO2. The van der Waals surface area contributed by atoms with E-state index >= 15 is 0 Å². The van der Waals surface area contributed by atoms with Crippen LogP contribution < -0.4 is 0 Å². The summed E-state index contributed by atoms with van der Waals surface area (Å²) >= 11 is 11.8. The summed E-state index contributed by atoms with van der Waals surface area (Å²) in [6.07, 6.45) is 2.03. The van der Waals surface area contributed by atoms with E-state index in [0.717, 1.165) is 18.4 Å². The lowest BCUT2D eigenvalue weighted by atomic mass is 10.1. The van der Waals surface area contributed by atoms with Gasteiger partial charge < -0.3 is 10.0 Å². The van der Waals surface area contributed by atoms with E-state index in [-0.39, 0.29) is 25.0 Å². The number of benzene rings is 1. The zero-order valence-corrected chi connectivity index (χ0v) is 13.4. The molecule has 0 aromatic heterocycles. The summed E-state index contributed by atoms with van der Waals surface area (Å²) in [5.41, 5.74) is 0.832. The van der Waals surface area contributed by atoms with Crippen LogP contribution in [0.3, 0.4) is 0 Å². The first-order chi connectivity index (χ1) is 9.53. The highest BCUT2D eigenvalue weighted by molar-refractivity contribution is 6.42. The molecule has 0 saturated carbocycles. The lowest BCUT2D eigenvalue weighted by Gasteiger charge is -2.30. The molecule has 1 rings (SSSR count). The molecule has 0 bridgehead atoms. The fraction of sp³-hybridized carbons (Fsp3) is 0.533. The van der Waals surface area contributed by atoms with E-state index < -0.39 is 0 Å². The van der Waals surface area contributed by atoms with Crippen molar-refractivity contribution >= 4 is 29.1 Å². The lowest BCUT2D eigenvalue weighted by molar-refractivity contribution is -0.133. The highest BCUT2D eigenvalue weighted by atomic mass is 35.5. The number of halogens is 2. The van der Waals surface area contributed by atoms with Crippen molar-refractivity contribution in [3.05, 3.63) is 33.8 Å². The second kappa shape index (κ2) is 8.50. The fourth-order valence-electron chi connectivity index (χ4n) is 2.27. The second-order valence-corrected chi connectivity index (χ2v) is 5.52. The number of nitrogens with zero attached hydrogens (tertiary/aromatic N) is 1. The topological polar surface area (TPSA) is 40.5 Å². The Balaban J connectivity index is 2.81. The minimum Gasteiger partial charge on any atom is -0.395 e. The Morgan fingerprint density at radius 3 is 2.40 bits per heavy atom. The first kappa shape index (κ1) is 17.3. The van der Waals surface area contributed by atoms with E-state index in [1.165, 1.54) is 0 Å².